The lowest BCUT2D eigenvalue weighted by Gasteiger charge is -2.18. The molecule has 0 unspecified atom stereocenters. The molecule has 0 aliphatic carbocycles. The fourth-order valence-electron chi connectivity index (χ4n) is 4.10. The van der Waals surface area contributed by atoms with E-state index in [1.54, 1.807) is 17.4 Å². The van der Waals surface area contributed by atoms with Crippen LogP contribution in [0.25, 0.3) is 10.9 Å². The summed E-state index contributed by atoms with van der Waals surface area (Å²) in [6, 6.07) is 17.8. The Morgan fingerprint density at radius 2 is 2.03 bits per heavy atom. The van der Waals surface area contributed by atoms with Gasteiger partial charge in [-0.1, -0.05) is 24.3 Å². The fourth-order valence-corrected chi connectivity index (χ4v) is 4.95. The van der Waals surface area contributed by atoms with E-state index in [4.69, 9.17) is 4.74 Å². The number of anilines is 1. The van der Waals surface area contributed by atoms with Gasteiger partial charge in [0.25, 0.3) is 5.91 Å². The zero-order valence-corrected chi connectivity index (χ0v) is 18.2. The molecular weight excluding hydrogens is 422 g/mol. The van der Waals surface area contributed by atoms with Crippen molar-refractivity contribution in [2.24, 2.45) is 0 Å². The van der Waals surface area contributed by atoms with Crippen molar-refractivity contribution in [2.75, 3.05) is 18.5 Å². The third-order valence-corrected chi connectivity index (χ3v) is 6.71. The van der Waals surface area contributed by atoms with E-state index < -0.39 is 0 Å². The summed E-state index contributed by atoms with van der Waals surface area (Å²) in [4.78, 5) is 28.6. The minimum absolute atomic E-state index is 0.0287. The second-order valence-corrected chi connectivity index (χ2v) is 8.80. The summed E-state index contributed by atoms with van der Waals surface area (Å²) < 4.78 is 5.72. The molecule has 1 atom stereocenters. The van der Waals surface area contributed by atoms with E-state index in [-0.39, 0.29) is 24.3 Å². The van der Waals surface area contributed by atoms with E-state index in [1.165, 1.54) is 10.4 Å². The number of carbonyl (C=O) groups is 2. The second kappa shape index (κ2) is 8.88. The molecule has 3 N–H and O–H groups in total. The van der Waals surface area contributed by atoms with Crippen molar-refractivity contribution in [3.8, 4) is 5.75 Å². The summed E-state index contributed by atoms with van der Waals surface area (Å²) in [6.07, 6.45) is 3.18. The molecule has 2 aromatic heterocycles. The number of H-pyrrole nitrogens is 1. The summed E-state index contributed by atoms with van der Waals surface area (Å²) in [5.74, 6) is 0.544. The average Bonchev–Trinajstić information content (AvgIpc) is 3.49. The van der Waals surface area contributed by atoms with Gasteiger partial charge in [-0.3, -0.25) is 9.59 Å². The number of hydrogen-bond acceptors (Lipinski definition) is 4. The lowest BCUT2D eigenvalue weighted by atomic mass is 9.96. The Hall–Kier alpha value is -3.58. The van der Waals surface area contributed by atoms with Gasteiger partial charge in [-0.05, 0) is 53.3 Å². The lowest BCUT2D eigenvalue weighted by molar-refractivity contribution is -0.123. The zero-order valence-electron chi connectivity index (χ0n) is 17.4. The summed E-state index contributed by atoms with van der Waals surface area (Å²) in [6.45, 7) is 0.428. The number of amides is 2. The van der Waals surface area contributed by atoms with E-state index in [1.807, 2.05) is 36.5 Å². The lowest BCUT2D eigenvalue weighted by Crippen LogP contribution is -2.32. The van der Waals surface area contributed by atoms with E-state index >= 15 is 0 Å². The molecule has 5 rings (SSSR count). The minimum atomic E-state index is -0.169. The standard InChI is InChI=1S/C25H23N3O3S/c29-24-10-7-16-12-17(8-9-21(16)28-24)31-15-25(30)27-14-20(23-6-3-11-32-23)19-13-26-22-5-2-1-4-18(19)22/h1-6,8-9,11-13,20,26H,7,10,14-15H2,(H,27,30)(H,28,29)/t20-/m1/s1. The zero-order chi connectivity index (χ0) is 21.9. The van der Waals surface area contributed by atoms with Crippen LogP contribution in [0.1, 0.15) is 28.3 Å². The maximum Gasteiger partial charge on any atom is 0.257 e. The van der Waals surface area contributed by atoms with Gasteiger partial charge in [0.15, 0.2) is 6.61 Å². The average molecular weight is 446 g/mol. The number of hydrogen-bond donors (Lipinski definition) is 3. The molecule has 1 aliphatic heterocycles. The van der Waals surface area contributed by atoms with Crippen LogP contribution in [0.2, 0.25) is 0 Å². The van der Waals surface area contributed by atoms with Crippen LogP contribution in [-0.2, 0) is 16.0 Å². The molecule has 0 saturated carbocycles. The highest BCUT2D eigenvalue weighted by Gasteiger charge is 2.20. The topological polar surface area (TPSA) is 83.2 Å². The molecular formula is C25H23N3O3S. The molecule has 0 radical (unpaired) electrons. The van der Waals surface area contributed by atoms with Gasteiger partial charge < -0.3 is 20.4 Å². The summed E-state index contributed by atoms with van der Waals surface area (Å²) in [5.41, 5.74) is 4.10. The van der Waals surface area contributed by atoms with Crippen molar-refractivity contribution in [1.29, 1.82) is 0 Å². The minimum Gasteiger partial charge on any atom is -0.484 e. The Kier molecular flexibility index (Phi) is 5.64. The van der Waals surface area contributed by atoms with Crippen molar-refractivity contribution in [3.05, 3.63) is 82.2 Å². The van der Waals surface area contributed by atoms with Crippen LogP contribution in [0, 0.1) is 0 Å². The van der Waals surface area contributed by atoms with Crippen molar-refractivity contribution in [3.63, 3.8) is 0 Å². The molecule has 0 fully saturated rings. The number of aryl methyl sites for hydroxylation is 1. The number of aromatic amines is 1. The van der Waals surface area contributed by atoms with Crippen LogP contribution in [0.3, 0.4) is 0 Å². The Balaban J connectivity index is 1.24. The smallest absolute Gasteiger partial charge is 0.257 e. The molecule has 0 saturated heterocycles. The van der Waals surface area contributed by atoms with Crippen LogP contribution in [0.5, 0.6) is 5.75 Å². The molecule has 162 valence electrons. The van der Waals surface area contributed by atoms with Crippen LogP contribution in [0.15, 0.2) is 66.2 Å². The van der Waals surface area contributed by atoms with E-state index in [0.29, 0.717) is 25.1 Å². The number of aromatic nitrogens is 1. The number of para-hydroxylation sites is 1. The molecule has 0 bridgehead atoms. The van der Waals surface area contributed by atoms with Crippen LogP contribution >= 0.6 is 11.3 Å². The first-order valence-corrected chi connectivity index (χ1v) is 11.5. The highest BCUT2D eigenvalue weighted by molar-refractivity contribution is 7.10. The van der Waals surface area contributed by atoms with Gasteiger partial charge in [-0.15, -0.1) is 11.3 Å². The quantitative estimate of drug-likeness (QED) is 0.393. The molecule has 32 heavy (non-hydrogen) atoms. The molecule has 2 aromatic carbocycles. The monoisotopic (exact) mass is 445 g/mol. The number of rotatable bonds is 7. The number of carbonyl (C=O) groups excluding carboxylic acids is 2. The van der Waals surface area contributed by atoms with Gasteiger partial charge in [0, 0.05) is 46.5 Å². The van der Waals surface area contributed by atoms with Gasteiger partial charge in [0.1, 0.15) is 5.75 Å². The molecule has 3 heterocycles. The second-order valence-electron chi connectivity index (χ2n) is 7.82. The van der Waals surface area contributed by atoms with Crippen LogP contribution in [-0.4, -0.2) is 29.9 Å². The first kappa shape index (κ1) is 20.3. The van der Waals surface area contributed by atoms with Crippen LogP contribution in [0.4, 0.5) is 5.69 Å². The maximum absolute atomic E-state index is 12.6. The molecule has 7 heteroatoms. The summed E-state index contributed by atoms with van der Waals surface area (Å²) in [5, 5.41) is 9.10. The predicted molar refractivity (Wildman–Crippen MR) is 126 cm³/mol. The van der Waals surface area contributed by atoms with Crippen molar-refractivity contribution in [2.45, 2.75) is 18.8 Å². The van der Waals surface area contributed by atoms with Crippen LogP contribution < -0.4 is 15.4 Å². The molecule has 1 aliphatic rings. The molecule has 6 nitrogen and oxygen atoms in total. The number of thiophene rings is 1. The van der Waals surface area contributed by atoms with Gasteiger partial charge in [-0.25, -0.2) is 0 Å². The van der Waals surface area contributed by atoms with Crippen molar-refractivity contribution >= 4 is 39.7 Å². The van der Waals surface area contributed by atoms with Gasteiger partial charge in [0.2, 0.25) is 5.91 Å². The highest BCUT2D eigenvalue weighted by atomic mass is 32.1. The highest BCUT2D eigenvalue weighted by Crippen LogP contribution is 2.33. The number of benzene rings is 2. The van der Waals surface area contributed by atoms with Crippen molar-refractivity contribution in [1.82, 2.24) is 10.3 Å². The van der Waals surface area contributed by atoms with E-state index in [2.05, 4.69) is 39.2 Å². The van der Waals surface area contributed by atoms with E-state index in [0.717, 1.165) is 22.2 Å². The Morgan fingerprint density at radius 1 is 1.12 bits per heavy atom. The Bertz CT molecular complexity index is 1260. The van der Waals surface area contributed by atoms with Gasteiger partial charge >= 0.3 is 0 Å². The number of ether oxygens (including phenoxy) is 1. The molecule has 2 amide bonds. The number of nitrogens with one attached hydrogen (secondary N) is 3. The van der Waals surface area contributed by atoms with Gasteiger partial charge in [-0.2, -0.15) is 0 Å². The molecule has 0 spiro atoms. The normalized spacial score (nSPS) is 13.9. The first-order valence-electron chi connectivity index (χ1n) is 10.6. The molecule has 4 aromatic rings. The largest absolute Gasteiger partial charge is 0.484 e. The predicted octanol–water partition coefficient (Wildman–Crippen LogP) is 4.44. The third-order valence-electron chi connectivity index (χ3n) is 5.73. The Labute approximate surface area is 189 Å². The third kappa shape index (κ3) is 4.24. The van der Waals surface area contributed by atoms with Crippen molar-refractivity contribution < 1.29 is 14.3 Å². The SMILES string of the molecule is O=C(COc1ccc2c(c1)CCC(=O)N2)NC[C@@H](c1cccs1)c1c[nH]c2ccccc12. The maximum atomic E-state index is 12.6. The van der Waals surface area contributed by atoms with E-state index in [9.17, 15) is 9.59 Å². The van der Waals surface area contributed by atoms with Gasteiger partial charge in [0.05, 0.1) is 0 Å². The fraction of sp³-hybridized carbons (Fsp3) is 0.200. The Morgan fingerprint density at radius 3 is 2.91 bits per heavy atom. The number of fused-ring (bicyclic) bond motifs is 2. The first-order chi connectivity index (χ1) is 15.7. The summed E-state index contributed by atoms with van der Waals surface area (Å²) in [7, 11) is 0. The summed E-state index contributed by atoms with van der Waals surface area (Å²) >= 11 is 1.69.